The average molecular weight is 493 g/mol. The number of sulfonamides is 1. The van der Waals surface area contributed by atoms with Crippen molar-refractivity contribution in [3.05, 3.63) is 29.0 Å². The van der Waals surface area contributed by atoms with Crippen LogP contribution in [0, 0.1) is 0 Å². The second-order valence-corrected chi connectivity index (χ2v) is 11.0. The molecule has 0 bridgehead atoms. The number of ether oxygens (including phenoxy) is 1. The lowest BCUT2D eigenvalue weighted by Gasteiger charge is -2.26. The van der Waals surface area contributed by atoms with Gasteiger partial charge in [-0.25, -0.2) is 13.4 Å². The summed E-state index contributed by atoms with van der Waals surface area (Å²) in [6.45, 7) is 8.20. The van der Waals surface area contributed by atoms with E-state index in [1.807, 2.05) is 25.3 Å². The van der Waals surface area contributed by atoms with Gasteiger partial charge in [-0.3, -0.25) is 4.79 Å². The van der Waals surface area contributed by atoms with Crippen molar-refractivity contribution in [2.75, 3.05) is 31.6 Å². The Morgan fingerprint density at radius 3 is 2.67 bits per heavy atom. The minimum atomic E-state index is -3.60. The van der Waals surface area contributed by atoms with Crippen LogP contribution < -0.4 is 5.32 Å². The predicted octanol–water partition coefficient (Wildman–Crippen LogP) is 2.62. The Morgan fingerprint density at radius 1 is 1.24 bits per heavy atom. The second-order valence-electron chi connectivity index (χ2n) is 8.09. The van der Waals surface area contributed by atoms with Gasteiger partial charge in [0.05, 0.1) is 29.1 Å². The molecule has 3 aromatic rings. The van der Waals surface area contributed by atoms with E-state index in [0.29, 0.717) is 49.9 Å². The van der Waals surface area contributed by atoms with Crippen LogP contribution in [0.25, 0.3) is 11.0 Å². The maximum Gasteiger partial charge on any atom is 0.243 e. The zero-order valence-corrected chi connectivity index (χ0v) is 20.6. The average Bonchev–Trinajstić information content (AvgIpc) is 3.42. The molecule has 1 N–H and O–H groups in total. The van der Waals surface area contributed by atoms with Gasteiger partial charge in [0.25, 0.3) is 0 Å². The topological polar surface area (TPSA) is 119 Å². The van der Waals surface area contributed by atoms with Crippen LogP contribution >= 0.6 is 11.3 Å². The first kappa shape index (κ1) is 23.7. The molecule has 1 amide bonds. The van der Waals surface area contributed by atoms with Gasteiger partial charge in [-0.2, -0.15) is 4.31 Å². The van der Waals surface area contributed by atoms with Crippen LogP contribution in [-0.2, 0) is 32.5 Å². The Hall–Kier alpha value is -2.41. The van der Waals surface area contributed by atoms with Crippen LogP contribution in [0.3, 0.4) is 0 Å². The zero-order valence-electron chi connectivity index (χ0n) is 18.9. The molecule has 1 fully saturated rings. The van der Waals surface area contributed by atoms with Crippen molar-refractivity contribution in [2.45, 2.75) is 51.0 Å². The van der Waals surface area contributed by atoms with Gasteiger partial charge in [0.15, 0.2) is 0 Å². The molecule has 33 heavy (non-hydrogen) atoms. The number of benzene rings is 1. The first-order valence-corrected chi connectivity index (χ1v) is 13.3. The summed E-state index contributed by atoms with van der Waals surface area (Å²) >= 11 is 1.37. The quantitative estimate of drug-likeness (QED) is 0.513. The standard InChI is InChI=1S/C21H28N6O4S2/c1-4-27-17-6-5-15(33(29,30)26-9-11-31-12-10-26)13-16(17)22-18(27)7-8-19(28)23-21-25-24-20(32-21)14(2)3/h5-6,13-14H,4,7-12H2,1-3H3,(H,23,25,28). The highest BCUT2D eigenvalue weighted by Crippen LogP contribution is 2.25. The number of hydrogen-bond donors (Lipinski definition) is 1. The fraction of sp³-hybridized carbons (Fsp3) is 0.524. The highest BCUT2D eigenvalue weighted by atomic mass is 32.2. The van der Waals surface area contributed by atoms with E-state index < -0.39 is 10.0 Å². The molecular formula is C21H28N6O4S2. The SMILES string of the molecule is CCn1c(CCC(=O)Nc2nnc(C(C)C)s2)nc2cc(S(=O)(=O)N3CCOCC3)ccc21. The number of aryl methyl sites for hydroxylation is 2. The summed E-state index contributed by atoms with van der Waals surface area (Å²) in [7, 11) is -3.60. The minimum absolute atomic E-state index is 0.160. The highest BCUT2D eigenvalue weighted by Gasteiger charge is 2.27. The van der Waals surface area contributed by atoms with E-state index in [9.17, 15) is 13.2 Å². The van der Waals surface area contributed by atoms with Gasteiger partial charge >= 0.3 is 0 Å². The van der Waals surface area contributed by atoms with E-state index in [4.69, 9.17) is 4.74 Å². The Kier molecular flexibility index (Phi) is 7.07. The third-order valence-corrected chi connectivity index (χ3v) is 8.51. The molecule has 4 rings (SSSR count). The van der Waals surface area contributed by atoms with E-state index in [0.717, 1.165) is 16.3 Å². The van der Waals surface area contributed by atoms with E-state index in [1.165, 1.54) is 15.6 Å². The van der Waals surface area contributed by atoms with Crippen molar-refractivity contribution in [2.24, 2.45) is 0 Å². The van der Waals surface area contributed by atoms with Gasteiger partial charge in [0.1, 0.15) is 10.8 Å². The number of carbonyl (C=O) groups is 1. The number of nitrogens with zero attached hydrogens (tertiary/aromatic N) is 5. The fourth-order valence-electron chi connectivity index (χ4n) is 3.73. The van der Waals surface area contributed by atoms with E-state index >= 15 is 0 Å². The molecule has 0 unspecified atom stereocenters. The van der Waals surface area contributed by atoms with Gasteiger partial charge in [-0.1, -0.05) is 25.2 Å². The summed E-state index contributed by atoms with van der Waals surface area (Å²) in [5, 5.41) is 12.3. The molecule has 0 saturated carbocycles. The number of aromatic nitrogens is 4. The summed E-state index contributed by atoms with van der Waals surface area (Å²) in [5.41, 5.74) is 1.45. The number of carbonyl (C=O) groups excluding carboxylic acids is 1. The fourth-order valence-corrected chi connectivity index (χ4v) is 5.92. The number of nitrogens with one attached hydrogen (secondary N) is 1. The molecular weight excluding hydrogens is 464 g/mol. The van der Waals surface area contributed by atoms with Gasteiger partial charge in [-0.15, -0.1) is 10.2 Å². The number of hydrogen-bond acceptors (Lipinski definition) is 8. The van der Waals surface area contributed by atoms with Crippen LogP contribution in [-0.4, -0.2) is 64.7 Å². The maximum atomic E-state index is 13.0. The van der Waals surface area contributed by atoms with Gasteiger partial charge < -0.3 is 14.6 Å². The van der Waals surface area contributed by atoms with Crippen molar-refractivity contribution >= 4 is 43.4 Å². The van der Waals surface area contributed by atoms with Crippen molar-refractivity contribution in [1.82, 2.24) is 24.1 Å². The molecule has 0 spiro atoms. The Bertz CT molecular complexity index is 1240. The largest absolute Gasteiger partial charge is 0.379 e. The number of anilines is 1. The number of rotatable bonds is 8. The molecule has 2 aromatic heterocycles. The smallest absolute Gasteiger partial charge is 0.243 e. The minimum Gasteiger partial charge on any atom is -0.379 e. The Morgan fingerprint density at radius 2 is 2.00 bits per heavy atom. The van der Waals surface area contributed by atoms with Gasteiger partial charge in [0.2, 0.25) is 21.1 Å². The third-order valence-electron chi connectivity index (χ3n) is 5.48. The Labute approximate surface area is 197 Å². The van der Waals surface area contributed by atoms with E-state index in [-0.39, 0.29) is 23.1 Å². The highest BCUT2D eigenvalue weighted by molar-refractivity contribution is 7.89. The van der Waals surface area contributed by atoms with E-state index in [1.54, 1.807) is 18.2 Å². The second kappa shape index (κ2) is 9.84. The molecule has 1 aromatic carbocycles. The van der Waals surface area contributed by atoms with E-state index in [2.05, 4.69) is 20.5 Å². The summed E-state index contributed by atoms with van der Waals surface area (Å²) in [6, 6.07) is 5.03. The zero-order chi connectivity index (χ0) is 23.6. The monoisotopic (exact) mass is 492 g/mol. The summed E-state index contributed by atoms with van der Waals surface area (Å²) in [4.78, 5) is 17.3. The third kappa shape index (κ3) is 5.08. The van der Waals surface area contributed by atoms with Crippen LogP contribution in [0.15, 0.2) is 23.1 Å². The number of fused-ring (bicyclic) bond motifs is 1. The molecule has 1 saturated heterocycles. The lowest BCUT2D eigenvalue weighted by atomic mass is 10.2. The van der Waals surface area contributed by atoms with Gasteiger partial charge in [0, 0.05) is 38.4 Å². The lowest BCUT2D eigenvalue weighted by Crippen LogP contribution is -2.40. The van der Waals surface area contributed by atoms with Crippen LogP contribution in [0.5, 0.6) is 0 Å². The molecule has 3 heterocycles. The van der Waals surface area contributed by atoms with Crippen molar-refractivity contribution in [3.8, 4) is 0 Å². The van der Waals surface area contributed by atoms with Gasteiger partial charge in [-0.05, 0) is 25.1 Å². The Balaban J connectivity index is 1.50. The molecule has 1 aliphatic rings. The summed E-state index contributed by atoms with van der Waals surface area (Å²) in [6.07, 6.45) is 0.661. The maximum absolute atomic E-state index is 13.0. The molecule has 1 aliphatic heterocycles. The predicted molar refractivity (Wildman–Crippen MR) is 126 cm³/mol. The lowest BCUT2D eigenvalue weighted by molar-refractivity contribution is -0.116. The first-order chi connectivity index (χ1) is 15.8. The van der Waals surface area contributed by atoms with Crippen LogP contribution in [0.4, 0.5) is 5.13 Å². The first-order valence-electron chi connectivity index (χ1n) is 11.0. The number of imidazole rings is 1. The number of morpholine rings is 1. The van der Waals surface area contributed by atoms with Crippen LogP contribution in [0.1, 0.15) is 43.9 Å². The molecule has 0 atom stereocenters. The van der Waals surface area contributed by atoms with Crippen LogP contribution in [0.2, 0.25) is 0 Å². The molecule has 12 heteroatoms. The van der Waals surface area contributed by atoms with Crippen molar-refractivity contribution in [3.63, 3.8) is 0 Å². The molecule has 0 radical (unpaired) electrons. The summed E-state index contributed by atoms with van der Waals surface area (Å²) in [5.74, 6) is 0.838. The normalized spacial score (nSPS) is 15.4. The summed E-state index contributed by atoms with van der Waals surface area (Å²) < 4.78 is 34.7. The van der Waals surface area contributed by atoms with Crippen molar-refractivity contribution in [1.29, 1.82) is 0 Å². The van der Waals surface area contributed by atoms with Crippen molar-refractivity contribution < 1.29 is 17.9 Å². The molecule has 0 aliphatic carbocycles. The molecule has 178 valence electrons. The number of amides is 1. The molecule has 10 nitrogen and oxygen atoms in total.